The van der Waals surface area contributed by atoms with Gasteiger partial charge in [-0.25, -0.2) is 4.39 Å². The van der Waals surface area contributed by atoms with Gasteiger partial charge in [-0.3, -0.25) is 0 Å². The Balaban J connectivity index is 2.17. The molecule has 118 valence electrons. The van der Waals surface area contributed by atoms with Gasteiger partial charge in [-0.05, 0) is 34.7 Å². The van der Waals surface area contributed by atoms with E-state index in [4.69, 9.17) is 16.3 Å². The average molecular weight is 337 g/mol. The number of ether oxygens (including phenoxy) is 1. The van der Waals surface area contributed by atoms with Gasteiger partial charge < -0.3 is 4.74 Å². The Morgan fingerprint density at radius 1 is 0.792 bits per heavy atom. The summed E-state index contributed by atoms with van der Waals surface area (Å²) in [4.78, 5) is 0. The lowest BCUT2D eigenvalue weighted by molar-refractivity contribution is 0.420. The van der Waals surface area contributed by atoms with E-state index >= 15 is 0 Å². The minimum absolute atomic E-state index is 0.281. The van der Waals surface area contributed by atoms with E-state index in [-0.39, 0.29) is 5.82 Å². The maximum Gasteiger partial charge on any atom is 0.131 e. The van der Waals surface area contributed by atoms with Gasteiger partial charge in [0, 0.05) is 21.2 Å². The molecule has 0 bridgehead atoms. The molecule has 0 spiro atoms. The van der Waals surface area contributed by atoms with Gasteiger partial charge in [0.2, 0.25) is 0 Å². The fraction of sp³-hybridized carbons (Fsp3) is 0.0476. The van der Waals surface area contributed by atoms with Gasteiger partial charge in [0.25, 0.3) is 0 Å². The second-order valence-electron chi connectivity index (χ2n) is 5.62. The van der Waals surface area contributed by atoms with Gasteiger partial charge in [0.1, 0.15) is 11.6 Å². The van der Waals surface area contributed by atoms with Crippen LogP contribution < -0.4 is 4.74 Å². The van der Waals surface area contributed by atoms with Crippen molar-refractivity contribution in [2.75, 3.05) is 7.11 Å². The lowest BCUT2D eigenvalue weighted by Crippen LogP contribution is -1.91. The van der Waals surface area contributed by atoms with Crippen LogP contribution in [0.2, 0.25) is 5.02 Å². The van der Waals surface area contributed by atoms with Crippen LogP contribution in [0.25, 0.3) is 32.7 Å². The van der Waals surface area contributed by atoms with E-state index in [1.807, 2.05) is 54.6 Å². The smallest absolute Gasteiger partial charge is 0.131 e. The minimum Gasteiger partial charge on any atom is -0.496 e. The molecule has 0 amide bonds. The van der Waals surface area contributed by atoms with Crippen LogP contribution in [-0.4, -0.2) is 7.11 Å². The van der Waals surface area contributed by atoms with Crippen LogP contribution in [0, 0.1) is 5.82 Å². The maximum absolute atomic E-state index is 14.6. The Hall–Kier alpha value is -2.58. The standard InChI is InChI=1S/C21H14ClFO/c1-24-19-10-3-6-13-5-2-7-14(20(13)19)15-11-12-17(22)16-8-4-9-18(23)21(15)16/h2-12H,1H3. The molecule has 0 heterocycles. The molecule has 0 N–H and O–H groups in total. The van der Waals surface area contributed by atoms with Crippen molar-refractivity contribution in [3.8, 4) is 16.9 Å². The predicted molar refractivity (Wildman–Crippen MR) is 98.4 cm³/mol. The zero-order valence-corrected chi connectivity index (χ0v) is 13.8. The number of hydrogen-bond donors (Lipinski definition) is 0. The summed E-state index contributed by atoms with van der Waals surface area (Å²) < 4.78 is 20.1. The first kappa shape index (κ1) is 15.0. The Labute approximate surface area is 144 Å². The predicted octanol–water partition coefficient (Wildman–Crippen LogP) is 6.46. The summed E-state index contributed by atoms with van der Waals surface area (Å²) >= 11 is 6.27. The number of fused-ring (bicyclic) bond motifs is 2. The highest BCUT2D eigenvalue weighted by molar-refractivity contribution is 6.36. The van der Waals surface area contributed by atoms with Gasteiger partial charge in [-0.15, -0.1) is 0 Å². The highest BCUT2D eigenvalue weighted by Crippen LogP contribution is 2.40. The summed E-state index contributed by atoms with van der Waals surface area (Å²) in [6.07, 6.45) is 0. The second-order valence-corrected chi connectivity index (χ2v) is 6.03. The van der Waals surface area contributed by atoms with Crippen LogP contribution in [-0.2, 0) is 0 Å². The fourth-order valence-electron chi connectivity index (χ4n) is 3.25. The monoisotopic (exact) mass is 336 g/mol. The Morgan fingerprint density at radius 2 is 1.50 bits per heavy atom. The molecule has 4 aromatic rings. The lowest BCUT2D eigenvalue weighted by atomic mass is 9.93. The van der Waals surface area contributed by atoms with Crippen molar-refractivity contribution in [1.29, 1.82) is 0 Å². The Morgan fingerprint density at radius 3 is 2.29 bits per heavy atom. The third kappa shape index (κ3) is 2.22. The van der Waals surface area contributed by atoms with Gasteiger partial charge in [0.05, 0.1) is 7.11 Å². The van der Waals surface area contributed by atoms with Crippen molar-refractivity contribution >= 4 is 33.1 Å². The number of halogens is 2. The molecule has 0 saturated heterocycles. The molecule has 24 heavy (non-hydrogen) atoms. The summed E-state index contributed by atoms with van der Waals surface area (Å²) in [6.45, 7) is 0. The molecule has 0 aliphatic heterocycles. The molecular weight excluding hydrogens is 323 g/mol. The van der Waals surface area contributed by atoms with E-state index in [1.165, 1.54) is 6.07 Å². The van der Waals surface area contributed by atoms with Crippen LogP contribution in [0.1, 0.15) is 0 Å². The van der Waals surface area contributed by atoms with Gasteiger partial charge in [-0.2, -0.15) is 0 Å². The SMILES string of the molecule is COc1cccc2cccc(-c3ccc(Cl)c4cccc(F)c34)c12. The van der Waals surface area contributed by atoms with Crippen molar-refractivity contribution in [2.24, 2.45) is 0 Å². The van der Waals surface area contributed by atoms with Crippen LogP contribution in [0.5, 0.6) is 5.75 Å². The summed E-state index contributed by atoms with van der Waals surface area (Å²) in [5.74, 6) is 0.486. The largest absolute Gasteiger partial charge is 0.496 e. The highest BCUT2D eigenvalue weighted by Gasteiger charge is 2.15. The molecule has 0 aliphatic carbocycles. The van der Waals surface area contributed by atoms with Crippen LogP contribution in [0.15, 0.2) is 66.7 Å². The normalized spacial score (nSPS) is 11.1. The molecule has 0 aliphatic rings. The van der Waals surface area contributed by atoms with Crippen LogP contribution in [0.3, 0.4) is 0 Å². The molecule has 1 nitrogen and oxygen atoms in total. The van der Waals surface area contributed by atoms with E-state index in [0.29, 0.717) is 15.8 Å². The molecule has 4 aromatic carbocycles. The summed E-state index contributed by atoms with van der Waals surface area (Å²) in [5.41, 5.74) is 1.74. The van der Waals surface area contributed by atoms with E-state index in [1.54, 1.807) is 13.2 Å². The second kappa shape index (κ2) is 5.81. The van der Waals surface area contributed by atoms with Crippen molar-refractivity contribution in [2.45, 2.75) is 0 Å². The van der Waals surface area contributed by atoms with Crippen molar-refractivity contribution in [3.05, 3.63) is 77.6 Å². The zero-order valence-electron chi connectivity index (χ0n) is 13.0. The summed E-state index contributed by atoms with van der Waals surface area (Å²) in [7, 11) is 1.64. The molecule has 4 rings (SSSR count). The molecule has 0 atom stereocenters. The Kier molecular flexibility index (Phi) is 3.62. The van der Waals surface area contributed by atoms with E-state index in [0.717, 1.165) is 27.6 Å². The molecular formula is C21H14ClFO. The molecule has 0 unspecified atom stereocenters. The number of benzene rings is 4. The van der Waals surface area contributed by atoms with E-state index in [2.05, 4.69) is 0 Å². The first-order chi connectivity index (χ1) is 11.7. The first-order valence-corrected chi connectivity index (χ1v) is 8.01. The van der Waals surface area contributed by atoms with Crippen LogP contribution in [0.4, 0.5) is 4.39 Å². The summed E-state index contributed by atoms with van der Waals surface area (Å²) in [6, 6.07) is 20.5. The quantitative estimate of drug-likeness (QED) is 0.408. The van der Waals surface area contributed by atoms with Gasteiger partial charge in [0.15, 0.2) is 0 Å². The molecule has 3 heteroatoms. The van der Waals surface area contributed by atoms with Crippen molar-refractivity contribution in [1.82, 2.24) is 0 Å². The molecule has 0 radical (unpaired) electrons. The summed E-state index contributed by atoms with van der Waals surface area (Å²) in [5, 5.41) is 3.80. The van der Waals surface area contributed by atoms with E-state index < -0.39 is 0 Å². The lowest BCUT2D eigenvalue weighted by Gasteiger charge is -2.14. The number of rotatable bonds is 2. The first-order valence-electron chi connectivity index (χ1n) is 7.63. The van der Waals surface area contributed by atoms with E-state index in [9.17, 15) is 4.39 Å². The third-order valence-electron chi connectivity index (χ3n) is 4.31. The fourth-order valence-corrected chi connectivity index (χ4v) is 3.47. The zero-order chi connectivity index (χ0) is 16.7. The average Bonchev–Trinajstić information content (AvgIpc) is 2.62. The molecule has 0 aromatic heterocycles. The maximum atomic E-state index is 14.6. The number of hydrogen-bond acceptors (Lipinski definition) is 1. The number of methoxy groups -OCH3 is 1. The minimum atomic E-state index is -0.281. The van der Waals surface area contributed by atoms with Gasteiger partial charge in [-0.1, -0.05) is 60.1 Å². The molecule has 0 fully saturated rings. The molecule has 0 saturated carbocycles. The Bertz CT molecular complexity index is 1070. The third-order valence-corrected chi connectivity index (χ3v) is 4.64. The van der Waals surface area contributed by atoms with Crippen molar-refractivity contribution in [3.63, 3.8) is 0 Å². The van der Waals surface area contributed by atoms with Gasteiger partial charge >= 0.3 is 0 Å². The highest BCUT2D eigenvalue weighted by atomic mass is 35.5. The van der Waals surface area contributed by atoms with Crippen LogP contribution >= 0.6 is 11.6 Å². The van der Waals surface area contributed by atoms with Crippen molar-refractivity contribution < 1.29 is 9.13 Å². The topological polar surface area (TPSA) is 9.23 Å².